The van der Waals surface area contributed by atoms with Crippen molar-refractivity contribution in [3.05, 3.63) is 71.9 Å². The van der Waals surface area contributed by atoms with Crippen molar-refractivity contribution in [2.75, 3.05) is 0 Å². The summed E-state index contributed by atoms with van der Waals surface area (Å²) in [6.45, 7) is 1.87. The standard InChI is InChI=1S/C18H16FN3O3/c1-12(20-18(23)24-11-13-5-3-2-4-6-13)17-21-16(22-25-17)14-7-9-15(19)10-8-14/h2-10,12H,11H2,1H3,(H,20,23). The maximum Gasteiger partial charge on any atom is 0.408 e. The van der Waals surface area contributed by atoms with Crippen molar-refractivity contribution in [2.24, 2.45) is 0 Å². The summed E-state index contributed by atoms with van der Waals surface area (Å²) in [5, 5.41) is 6.46. The Hall–Kier alpha value is -3.22. The average Bonchev–Trinajstić information content (AvgIpc) is 3.12. The van der Waals surface area contributed by atoms with Gasteiger partial charge in [0.05, 0.1) is 0 Å². The van der Waals surface area contributed by atoms with E-state index in [1.165, 1.54) is 12.1 Å². The van der Waals surface area contributed by atoms with Gasteiger partial charge in [0.1, 0.15) is 18.5 Å². The maximum atomic E-state index is 12.9. The topological polar surface area (TPSA) is 77.2 Å². The Morgan fingerprint density at radius 2 is 1.92 bits per heavy atom. The molecule has 7 heteroatoms. The smallest absolute Gasteiger partial charge is 0.408 e. The van der Waals surface area contributed by atoms with Gasteiger partial charge in [-0.3, -0.25) is 0 Å². The van der Waals surface area contributed by atoms with E-state index in [0.717, 1.165) is 5.56 Å². The van der Waals surface area contributed by atoms with Crippen LogP contribution in [0.4, 0.5) is 9.18 Å². The second-order valence-electron chi connectivity index (χ2n) is 5.39. The molecule has 3 aromatic rings. The van der Waals surface area contributed by atoms with Gasteiger partial charge in [-0.2, -0.15) is 4.98 Å². The van der Waals surface area contributed by atoms with Crippen LogP contribution < -0.4 is 5.32 Å². The van der Waals surface area contributed by atoms with E-state index in [0.29, 0.717) is 11.4 Å². The molecule has 3 rings (SSSR count). The number of aromatic nitrogens is 2. The van der Waals surface area contributed by atoms with Gasteiger partial charge in [0.25, 0.3) is 0 Å². The molecule has 1 heterocycles. The lowest BCUT2D eigenvalue weighted by molar-refractivity contribution is 0.134. The number of hydrogen-bond donors (Lipinski definition) is 1. The Kier molecular flexibility index (Phi) is 5.03. The molecular formula is C18H16FN3O3. The lowest BCUT2D eigenvalue weighted by atomic mass is 10.2. The second-order valence-corrected chi connectivity index (χ2v) is 5.39. The van der Waals surface area contributed by atoms with Crippen LogP contribution >= 0.6 is 0 Å². The quantitative estimate of drug-likeness (QED) is 0.762. The minimum absolute atomic E-state index is 0.171. The molecule has 128 valence electrons. The molecule has 0 aliphatic heterocycles. The van der Waals surface area contributed by atoms with E-state index in [-0.39, 0.29) is 18.3 Å². The van der Waals surface area contributed by atoms with Gasteiger partial charge in [-0.05, 0) is 36.8 Å². The average molecular weight is 341 g/mol. The van der Waals surface area contributed by atoms with E-state index in [1.807, 2.05) is 30.3 Å². The van der Waals surface area contributed by atoms with Crippen LogP contribution in [-0.4, -0.2) is 16.2 Å². The molecule has 1 unspecified atom stereocenters. The first-order valence-electron chi connectivity index (χ1n) is 7.68. The molecule has 1 amide bonds. The molecule has 0 spiro atoms. The van der Waals surface area contributed by atoms with E-state index in [4.69, 9.17) is 9.26 Å². The highest BCUT2D eigenvalue weighted by Gasteiger charge is 2.18. The van der Waals surface area contributed by atoms with E-state index < -0.39 is 12.1 Å². The van der Waals surface area contributed by atoms with Gasteiger partial charge in [0.15, 0.2) is 0 Å². The number of ether oxygens (including phenoxy) is 1. The molecule has 1 atom stereocenters. The highest BCUT2D eigenvalue weighted by molar-refractivity contribution is 5.67. The lowest BCUT2D eigenvalue weighted by Gasteiger charge is -2.10. The van der Waals surface area contributed by atoms with E-state index >= 15 is 0 Å². The third-order valence-electron chi connectivity index (χ3n) is 3.46. The van der Waals surface area contributed by atoms with Crippen LogP contribution in [-0.2, 0) is 11.3 Å². The molecular weight excluding hydrogens is 325 g/mol. The van der Waals surface area contributed by atoms with Crippen LogP contribution in [0.25, 0.3) is 11.4 Å². The number of amides is 1. The third kappa shape index (κ3) is 4.41. The Morgan fingerprint density at radius 1 is 1.20 bits per heavy atom. The molecule has 0 radical (unpaired) electrons. The van der Waals surface area contributed by atoms with Crippen molar-refractivity contribution >= 4 is 6.09 Å². The van der Waals surface area contributed by atoms with Crippen molar-refractivity contribution in [3.63, 3.8) is 0 Å². The Morgan fingerprint density at radius 3 is 2.64 bits per heavy atom. The van der Waals surface area contributed by atoms with Gasteiger partial charge >= 0.3 is 6.09 Å². The molecule has 6 nitrogen and oxygen atoms in total. The summed E-state index contributed by atoms with van der Waals surface area (Å²) in [5.74, 6) is 0.209. The zero-order valence-corrected chi connectivity index (χ0v) is 13.5. The molecule has 0 aliphatic rings. The van der Waals surface area contributed by atoms with Crippen LogP contribution in [0, 0.1) is 5.82 Å². The van der Waals surface area contributed by atoms with Gasteiger partial charge in [0.2, 0.25) is 11.7 Å². The molecule has 1 N–H and O–H groups in total. The number of halogens is 1. The normalized spacial score (nSPS) is 11.8. The predicted octanol–water partition coefficient (Wildman–Crippen LogP) is 3.86. The van der Waals surface area contributed by atoms with Crippen LogP contribution in [0.1, 0.15) is 24.4 Å². The van der Waals surface area contributed by atoms with Crippen molar-refractivity contribution in [1.82, 2.24) is 15.5 Å². The Bertz CT molecular complexity index is 834. The zero-order valence-electron chi connectivity index (χ0n) is 13.5. The fourth-order valence-electron chi connectivity index (χ4n) is 2.13. The highest BCUT2D eigenvalue weighted by Crippen LogP contribution is 2.19. The number of carbonyl (C=O) groups is 1. The summed E-state index contributed by atoms with van der Waals surface area (Å²) in [5.41, 5.74) is 1.51. The summed E-state index contributed by atoms with van der Waals surface area (Å²) in [4.78, 5) is 16.1. The van der Waals surface area contributed by atoms with Crippen LogP contribution in [0.2, 0.25) is 0 Å². The molecule has 0 fully saturated rings. The van der Waals surface area contributed by atoms with Crippen LogP contribution in [0.15, 0.2) is 59.1 Å². The predicted molar refractivity (Wildman–Crippen MR) is 87.9 cm³/mol. The SMILES string of the molecule is CC(NC(=O)OCc1ccccc1)c1nc(-c2ccc(F)cc2)no1. The fourth-order valence-corrected chi connectivity index (χ4v) is 2.13. The highest BCUT2D eigenvalue weighted by atomic mass is 19.1. The number of nitrogens with one attached hydrogen (secondary N) is 1. The van der Waals surface area contributed by atoms with Crippen molar-refractivity contribution in [3.8, 4) is 11.4 Å². The monoisotopic (exact) mass is 341 g/mol. The van der Waals surface area contributed by atoms with Gasteiger partial charge in [-0.25, -0.2) is 9.18 Å². The first-order chi connectivity index (χ1) is 12.1. The molecule has 0 saturated carbocycles. The molecule has 2 aromatic carbocycles. The summed E-state index contributed by atoms with van der Waals surface area (Å²) in [6.07, 6.45) is -0.585. The number of benzene rings is 2. The molecule has 0 bridgehead atoms. The number of hydrogen-bond acceptors (Lipinski definition) is 5. The number of carbonyl (C=O) groups excluding carboxylic acids is 1. The van der Waals surface area contributed by atoms with E-state index in [9.17, 15) is 9.18 Å². The van der Waals surface area contributed by atoms with Gasteiger partial charge in [0, 0.05) is 5.56 Å². The first-order valence-corrected chi connectivity index (χ1v) is 7.68. The first kappa shape index (κ1) is 16.6. The molecule has 0 saturated heterocycles. The largest absolute Gasteiger partial charge is 0.445 e. The zero-order chi connectivity index (χ0) is 17.6. The number of rotatable bonds is 5. The van der Waals surface area contributed by atoms with Crippen molar-refractivity contribution in [1.29, 1.82) is 0 Å². The Balaban J connectivity index is 1.57. The molecule has 0 aliphatic carbocycles. The number of nitrogens with zero attached hydrogens (tertiary/aromatic N) is 2. The maximum absolute atomic E-state index is 12.9. The molecule has 1 aromatic heterocycles. The van der Waals surface area contributed by atoms with Crippen molar-refractivity contribution < 1.29 is 18.4 Å². The minimum atomic E-state index is -0.585. The van der Waals surface area contributed by atoms with Gasteiger partial charge in [-0.1, -0.05) is 35.5 Å². The summed E-state index contributed by atoms with van der Waals surface area (Å²) < 4.78 is 23.2. The van der Waals surface area contributed by atoms with E-state index in [2.05, 4.69) is 15.5 Å². The van der Waals surface area contributed by atoms with Gasteiger partial charge < -0.3 is 14.6 Å². The summed E-state index contributed by atoms with van der Waals surface area (Å²) >= 11 is 0. The number of alkyl carbamates (subject to hydrolysis) is 1. The third-order valence-corrected chi connectivity index (χ3v) is 3.46. The van der Waals surface area contributed by atoms with Crippen LogP contribution in [0.3, 0.4) is 0 Å². The second kappa shape index (κ2) is 7.57. The van der Waals surface area contributed by atoms with Gasteiger partial charge in [-0.15, -0.1) is 0 Å². The lowest BCUT2D eigenvalue weighted by Crippen LogP contribution is -2.27. The van der Waals surface area contributed by atoms with Crippen molar-refractivity contribution in [2.45, 2.75) is 19.6 Å². The minimum Gasteiger partial charge on any atom is -0.445 e. The van der Waals surface area contributed by atoms with Crippen LogP contribution in [0.5, 0.6) is 0 Å². The summed E-state index contributed by atoms with van der Waals surface area (Å²) in [6, 6.07) is 14.6. The summed E-state index contributed by atoms with van der Waals surface area (Å²) in [7, 11) is 0. The molecule has 25 heavy (non-hydrogen) atoms. The van der Waals surface area contributed by atoms with E-state index in [1.54, 1.807) is 19.1 Å². The Labute approximate surface area is 143 Å². The fraction of sp³-hybridized carbons (Fsp3) is 0.167.